The molecule has 0 aliphatic carbocycles. The fraction of sp³-hybridized carbons (Fsp3) is 0.238. The maximum absolute atomic E-state index is 13.6. The number of nitrogens with zero attached hydrogens (tertiary/aromatic N) is 5. The van der Waals surface area contributed by atoms with Gasteiger partial charge in [0.15, 0.2) is 5.15 Å². The summed E-state index contributed by atoms with van der Waals surface area (Å²) in [7, 11) is 5.37. The number of carbonyl (C=O) groups excluding carboxylic acids is 1. The van der Waals surface area contributed by atoms with Crippen LogP contribution in [-0.2, 0) is 18.0 Å². The van der Waals surface area contributed by atoms with Gasteiger partial charge in [-0.15, -0.1) is 0 Å². The molecular formula is C21H22ClF3N8O. The molecule has 0 fully saturated rings. The number of benzene rings is 1. The van der Waals surface area contributed by atoms with E-state index in [1.54, 1.807) is 31.3 Å². The fourth-order valence-corrected chi connectivity index (χ4v) is 2.99. The average Bonchev–Trinajstić information content (AvgIpc) is 3.04. The summed E-state index contributed by atoms with van der Waals surface area (Å²) >= 11 is 5.99. The maximum atomic E-state index is 13.6. The van der Waals surface area contributed by atoms with Gasteiger partial charge in [-0.05, 0) is 32.3 Å². The Kier molecular flexibility index (Phi) is 7.74. The minimum Gasteiger partial charge on any atom is -0.339 e. The smallest absolute Gasteiger partial charge is 0.339 e. The number of likely N-dealkylation sites (N-methyl/N-ethyl adjacent to an activating group) is 1. The third-order valence-corrected chi connectivity index (χ3v) is 4.54. The molecule has 0 saturated heterocycles. The molecular weight excluding hydrogens is 473 g/mol. The van der Waals surface area contributed by atoms with E-state index in [-0.39, 0.29) is 22.7 Å². The molecule has 0 saturated carbocycles. The topological polar surface area (TPSA) is 100 Å². The van der Waals surface area contributed by atoms with Gasteiger partial charge in [0.25, 0.3) is 0 Å². The van der Waals surface area contributed by atoms with E-state index in [4.69, 9.17) is 11.6 Å². The summed E-state index contributed by atoms with van der Waals surface area (Å²) in [4.78, 5) is 21.7. The number of halogens is 4. The Balaban J connectivity index is 1.83. The number of alkyl halides is 3. The first-order valence-corrected chi connectivity index (χ1v) is 10.3. The van der Waals surface area contributed by atoms with Gasteiger partial charge in [-0.25, -0.2) is 4.98 Å². The first-order valence-electron chi connectivity index (χ1n) is 9.91. The van der Waals surface area contributed by atoms with Crippen LogP contribution in [0.15, 0.2) is 48.8 Å². The molecule has 3 aromatic rings. The predicted octanol–water partition coefficient (Wildman–Crippen LogP) is 4.43. The molecule has 3 rings (SSSR count). The Morgan fingerprint density at radius 2 is 1.97 bits per heavy atom. The lowest BCUT2D eigenvalue weighted by molar-refractivity contribution is -0.137. The second kappa shape index (κ2) is 10.5. The monoisotopic (exact) mass is 494 g/mol. The van der Waals surface area contributed by atoms with Crippen molar-refractivity contribution >= 4 is 46.3 Å². The van der Waals surface area contributed by atoms with Crippen molar-refractivity contribution in [2.75, 3.05) is 36.6 Å². The molecule has 9 nitrogen and oxygen atoms in total. The van der Waals surface area contributed by atoms with Crippen LogP contribution in [0.4, 0.5) is 42.0 Å². The molecule has 0 bridgehead atoms. The van der Waals surface area contributed by atoms with Gasteiger partial charge in [-0.3, -0.25) is 9.48 Å². The molecule has 0 aliphatic rings. The predicted molar refractivity (Wildman–Crippen MR) is 125 cm³/mol. The second-order valence-electron chi connectivity index (χ2n) is 7.45. The minimum absolute atomic E-state index is 0.110. The van der Waals surface area contributed by atoms with Gasteiger partial charge in [0.2, 0.25) is 11.9 Å². The third-order valence-electron chi connectivity index (χ3n) is 4.26. The van der Waals surface area contributed by atoms with Gasteiger partial charge >= 0.3 is 6.18 Å². The van der Waals surface area contributed by atoms with Gasteiger partial charge in [-0.2, -0.15) is 23.3 Å². The number of rotatable bonds is 8. The minimum atomic E-state index is -4.70. The summed E-state index contributed by atoms with van der Waals surface area (Å²) in [6.45, 7) is 0.587. The van der Waals surface area contributed by atoms with Gasteiger partial charge in [-0.1, -0.05) is 23.7 Å². The Hall–Kier alpha value is -3.64. The van der Waals surface area contributed by atoms with Crippen LogP contribution in [0.5, 0.6) is 0 Å². The van der Waals surface area contributed by atoms with Crippen molar-refractivity contribution in [3.63, 3.8) is 0 Å². The quantitative estimate of drug-likeness (QED) is 0.398. The summed E-state index contributed by atoms with van der Waals surface area (Å²) in [5.74, 6) is -0.947. The fourth-order valence-electron chi connectivity index (χ4n) is 2.78. The van der Waals surface area contributed by atoms with Crippen molar-refractivity contribution in [1.82, 2.24) is 24.6 Å². The number of hydrogen-bond acceptors (Lipinski definition) is 7. The van der Waals surface area contributed by atoms with E-state index in [1.807, 2.05) is 19.0 Å². The Bertz CT molecular complexity index is 1190. The lowest BCUT2D eigenvalue weighted by Crippen LogP contribution is -2.13. The van der Waals surface area contributed by atoms with Crippen LogP contribution >= 0.6 is 11.6 Å². The zero-order valence-electron chi connectivity index (χ0n) is 18.5. The van der Waals surface area contributed by atoms with Crippen molar-refractivity contribution in [2.45, 2.75) is 6.18 Å². The highest BCUT2D eigenvalue weighted by molar-refractivity contribution is 6.32. The molecule has 1 aromatic carbocycles. The first-order chi connectivity index (χ1) is 16.0. The molecule has 0 atom stereocenters. The number of aromatic nitrogens is 4. The van der Waals surface area contributed by atoms with Crippen LogP contribution in [-0.4, -0.2) is 51.2 Å². The van der Waals surface area contributed by atoms with Gasteiger partial charge in [0.1, 0.15) is 11.4 Å². The Morgan fingerprint density at radius 1 is 1.24 bits per heavy atom. The molecule has 1 amide bonds. The number of carbonyl (C=O) groups is 1. The number of nitrogens with one attached hydrogen (secondary N) is 3. The third kappa shape index (κ3) is 6.93. The summed E-state index contributed by atoms with van der Waals surface area (Å²) < 4.78 is 42.1. The summed E-state index contributed by atoms with van der Waals surface area (Å²) in [6, 6.07) is 6.24. The van der Waals surface area contributed by atoms with Crippen LogP contribution in [0.25, 0.3) is 0 Å². The highest BCUT2D eigenvalue weighted by Gasteiger charge is 2.35. The molecule has 13 heteroatoms. The van der Waals surface area contributed by atoms with Crippen LogP contribution in [0, 0.1) is 0 Å². The molecule has 34 heavy (non-hydrogen) atoms. The second-order valence-corrected chi connectivity index (χ2v) is 7.80. The van der Waals surface area contributed by atoms with Crippen molar-refractivity contribution in [2.24, 2.45) is 7.05 Å². The van der Waals surface area contributed by atoms with Crippen molar-refractivity contribution in [3.05, 3.63) is 59.5 Å². The summed E-state index contributed by atoms with van der Waals surface area (Å²) in [6.07, 6.45) is 0.583. The number of amides is 1. The van der Waals surface area contributed by atoms with Crippen LogP contribution in [0.2, 0.25) is 5.15 Å². The number of hydrogen-bond donors (Lipinski definition) is 3. The molecule has 0 spiro atoms. The van der Waals surface area contributed by atoms with E-state index in [0.717, 1.165) is 0 Å². The van der Waals surface area contributed by atoms with Crippen LogP contribution in [0.3, 0.4) is 0 Å². The average molecular weight is 495 g/mol. The lowest BCUT2D eigenvalue weighted by atomic mass is 10.2. The highest BCUT2D eigenvalue weighted by atomic mass is 35.5. The van der Waals surface area contributed by atoms with Crippen LogP contribution < -0.4 is 16.0 Å². The van der Waals surface area contributed by atoms with Crippen LogP contribution in [0.1, 0.15) is 5.56 Å². The SMILES string of the molecule is CN(C)C/C=C/C(=O)Nc1cccc(Nc2nc(Nc3cn(C)nc3Cl)ncc2C(F)(F)F)c1. The standard InChI is InChI=1S/C21H22ClF3N8O/c1-32(2)9-5-8-17(34)27-13-6-4-7-14(10-13)28-19-15(21(23,24)25)11-26-20(30-19)29-16-12-33(3)31-18(16)22/h4-8,10-12H,9H2,1-3H3,(H,27,34)(H2,26,28,29,30)/b8-5+. The summed E-state index contributed by atoms with van der Waals surface area (Å²) in [5.41, 5.74) is -0.0458. The molecule has 0 unspecified atom stereocenters. The molecule has 3 N–H and O–H groups in total. The van der Waals surface area contributed by atoms with E-state index < -0.39 is 17.6 Å². The van der Waals surface area contributed by atoms with Gasteiger partial charge < -0.3 is 20.9 Å². The van der Waals surface area contributed by atoms with E-state index in [2.05, 4.69) is 31.0 Å². The molecule has 0 radical (unpaired) electrons. The van der Waals surface area contributed by atoms with Gasteiger partial charge in [0.05, 0.1) is 5.69 Å². The van der Waals surface area contributed by atoms with Crippen molar-refractivity contribution in [3.8, 4) is 0 Å². The Morgan fingerprint density at radius 3 is 2.62 bits per heavy atom. The van der Waals surface area contributed by atoms with E-state index in [1.165, 1.54) is 23.0 Å². The zero-order chi connectivity index (χ0) is 24.9. The first kappa shape index (κ1) is 25.0. The van der Waals surface area contributed by atoms with Gasteiger partial charge in [0, 0.05) is 43.4 Å². The van der Waals surface area contributed by atoms with E-state index in [9.17, 15) is 18.0 Å². The van der Waals surface area contributed by atoms with Crippen molar-refractivity contribution < 1.29 is 18.0 Å². The number of aryl methyl sites for hydroxylation is 1. The zero-order valence-corrected chi connectivity index (χ0v) is 19.2. The largest absolute Gasteiger partial charge is 0.421 e. The Labute approximate surface area is 198 Å². The lowest BCUT2D eigenvalue weighted by Gasteiger charge is -2.15. The van der Waals surface area contributed by atoms with E-state index >= 15 is 0 Å². The molecule has 0 aliphatic heterocycles. The van der Waals surface area contributed by atoms with E-state index in [0.29, 0.717) is 24.1 Å². The summed E-state index contributed by atoms with van der Waals surface area (Å²) in [5, 5.41) is 12.1. The highest BCUT2D eigenvalue weighted by Crippen LogP contribution is 2.36. The molecule has 180 valence electrons. The van der Waals surface area contributed by atoms with Crippen molar-refractivity contribution in [1.29, 1.82) is 0 Å². The molecule has 2 aromatic heterocycles. The molecule has 2 heterocycles. The maximum Gasteiger partial charge on any atom is 0.421 e. The number of anilines is 5. The normalized spacial score (nSPS) is 11.8.